The van der Waals surface area contributed by atoms with Gasteiger partial charge >= 0.3 is 0 Å². The summed E-state index contributed by atoms with van der Waals surface area (Å²) in [5.74, 6) is -1.13. The molecule has 6 nitrogen and oxygen atoms in total. The molecule has 3 rings (SSSR count). The van der Waals surface area contributed by atoms with E-state index in [9.17, 15) is 23.7 Å². The van der Waals surface area contributed by atoms with Crippen molar-refractivity contribution in [2.45, 2.75) is 19.3 Å². The van der Waals surface area contributed by atoms with Crippen LogP contribution in [0.3, 0.4) is 0 Å². The molecule has 1 aromatic carbocycles. The molecule has 0 bridgehead atoms. The number of allylic oxidation sites excluding steroid dienone is 3. The maximum absolute atomic E-state index is 14.0. The lowest BCUT2D eigenvalue weighted by Crippen LogP contribution is -2.49. The Labute approximate surface area is 149 Å². The molecule has 0 atom stereocenters. The molecular weight excluding hydrogens is 344 g/mol. The standard InChI is InChI=1S/C18H19F2N3O3/c19-15-5-2-6-16(20)18(15)22-9-7-21(8-10-22)17(24)12-13-3-1-4-14(11-13)23(25)26/h1,3-5,11H,2,6-10,12H2. The van der Waals surface area contributed by atoms with Crippen LogP contribution in [0.15, 0.2) is 47.7 Å². The zero-order chi connectivity index (χ0) is 18.7. The van der Waals surface area contributed by atoms with Crippen LogP contribution < -0.4 is 0 Å². The molecule has 0 aromatic heterocycles. The van der Waals surface area contributed by atoms with Crippen molar-refractivity contribution in [3.63, 3.8) is 0 Å². The molecule has 1 aliphatic carbocycles. The quantitative estimate of drug-likeness (QED) is 0.609. The molecule has 26 heavy (non-hydrogen) atoms. The fourth-order valence-electron chi connectivity index (χ4n) is 3.24. The van der Waals surface area contributed by atoms with E-state index in [-0.39, 0.29) is 30.1 Å². The van der Waals surface area contributed by atoms with Crippen molar-refractivity contribution >= 4 is 11.6 Å². The van der Waals surface area contributed by atoms with Gasteiger partial charge in [-0.2, -0.15) is 0 Å². The second-order valence-corrected chi connectivity index (χ2v) is 6.32. The Morgan fingerprint density at radius 2 is 1.92 bits per heavy atom. The van der Waals surface area contributed by atoms with Gasteiger partial charge in [-0.05, 0) is 18.1 Å². The summed E-state index contributed by atoms with van der Waals surface area (Å²) in [5.41, 5.74) is 0.533. The first-order chi connectivity index (χ1) is 12.5. The zero-order valence-corrected chi connectivity index (χ0v) is 14.2. The maximum atomic E-state index is 14.0. The van der Waals surface area contributed by atoms with Gasteiger partial charge in [0.15, 0.2) is 0 Å². The smallest absolute Gasteiger partial charge is 0.269 e. The number of carbonyl (C=O) groups is 1. The Balaban J connectivity index is 1.60. The average molecular weight is 363 g/mol. The lowest BCUT2D eigenvalue weighted by atomic mass is 10.1. The van der Waals surface area contributed by atoms with E-state index < -0.39 is 16.6 Å². The summed E-state index contributed by atoms with van der Waals surface area (Å²) in [6, 6.07) is 5.98. The molecule has 1 fully saturated rings. The van der Waals surface area contributed by atoms with Crippen LogP contribution >= 0.6 is 0 Å². The summed E-state index contributed by atoms with van der Waals surface area (Å²) in [6.07, 6.45) is 2.02. The van der Waals surface area contributed by atoms with E-state index in [4.69, 9.17) is 0 Å². The summed E-state index contributed by atoms with van der Waals surface area (Å²) in [7, 11) is 0. The van der Waals surface area contributed by atoms with E-state index in [1.807, 2.05) is 0 Å². The summed E-state index contributed by atoms with van der Waals surface area (Å²) in [4.78, 5) is 26.0. The van der Waals surface area contributed by atoms with Crippen LogP contribution in [0.2, 0.25) is 0 Å². The van der Waals surface area contributed by atoms with E-state index in [0.717, 1.165) is 0 Å². The van der Waals surface area contributed by atoms with Crippen LogP contribution in [0, 0.1) is 10.1 Å². The lowest BCUT2D eigenvalue weighted by molar-refractivity contribution is -0.384. The first-order valence-corrected chi connectivity index (χ1v) is 8.46. The largest absolute Gasteiger partial charge is 0.364 e. The molecule has 1 aromatic rings. The van der Waals surface area contributed by atoms with Gasteiger partial charge in [0.2, 0.25) is 5.91 Å². The van der Waals surface area contributed by atoms with E-state index in [0.29, 0.717) is 38.2 Å². The van der Waals surface area contributed by atoms with E-state index in [1.165, 1.54) is 18.2 Å². The number of non-ortho nitro benzene ring substituents is 1. The minimum absolute atomic E-state index is 0.0158. The van der Waals surface area contributed by atoms with Crippen LogP contribution in [0.25, 0.3) is 0 Å². The Bertz CT molecular complexity index is 784. The van der Waals surface area contributed by atoms with Gasteiger partial charge in [-0.15, -0.1) is 0 Å². The summed E-state index contributed by atoms with van der Waals surface area (Å²) in [5, 5.41) is 10.8. The summed E-state index contributed by atoms with van der Waals surface area (Å²) in [6.45, 7) is 1.42. The third-order valence-electron chi connectivity index (χ3n) is 4.60. The van der Waals surface area contributed by atoms with E-state index in [1.54, 1.807) is 21.9 Å². The predicted octanol–water partition coefficient (Wildman–Crippen LogP) is 3.11. The van der Waals surface area contributed by atoms with Gasteiger partial charge in [0.1, 0.15) is 17.4 Å². The normalized spacial score (nSPS) is 18.0. The number of hydrogen-bond acceptors (Lipinski definition) is 4. The number of hydrogen-bond donors (Lipinski definition) is 0. The average Bonchev–Trinajstić information content (AvgIpc) is 2.62. The van der Waals surface area contributed by atoms with E-state index >= 15 is 0 Å². The number of amides is 1. The summed E-state index contributed by atoms with van der Waals surface area (Å²) >= 11 is 0. The number of nitro benzene ring substituents is 1. The monoisotopic (exact) mass is 363 g/mol. The Morgan fingerprint density at radius 3 is 2.58 bits per heavy atom. The molecule has 1 aliphatic heterocycles. The molecule has 0 N–H and O–H groups in total. The predicted molar refractivity (Wildman–Crippen MR) is 91.5 cm³/mol. The summed E-state index contributed by atoms with van der Waals surface area (Å²) < 4.78 is 27.9. The molecule has 8 heteroatoms. The van der Waals surface area contributed by atoms with Crippen LogP contribution in [0.1, 0.15) is 18.4 Å². The minimum atomic E-state index is -0.537. The van der Waals surface area contributed by atoms with Crippen molar-refractivity contribution in [2.24, 2.45) is 0 Å². The minimum Gasteiger partial charge on any atom is -0.364 e. The molecule has 2 aliphatic rings. The van der Waals surface area contributed by atoms with Crippen LogP contribution in [-0.4, -0.2) is 46.8 Å². The van der Waals surface area contributed by atoms with Gasteiger partial charge in [-0.1, -0.05) is 12.1 Å². The molecule has 138 valence electrons. The fraction of sp³-hybridized carbons (Fsp3) is 0.389. The van der Waals surface area contributed by atoms with Crippen molar-refractivity contribution in [1.29, 1.82) is 0 Å². The van der Waals surface area contributed by atoms with Crippen molar-refractivity contribution in [3.8, 4) is 0 Å². The molecular formula is C18H19F2N3O3. The molecule has 0 spiro atoms. The Kier molecular flexibility index (Phi) is 5.29. The zero-order valence-electron chi connectivity index (χ0n) is 14.2. The van der Waals surface area contributed by atoms with Crippen LogP contribution in [0.5, 0.6) is 0 Å². The molecule has 1 saturated heterocycles. The second-order valence-electron chi connectivity index (χ2n) is 6.32. The third kappa shape index (κ3) is 3.89. The van der Waals surface area contributed by atoms with Crippen LogP contribution in [-0.2, 0) is 11.2 Å². The first-order valence-electron chi connectivity index (χ1n) is 8.46. The van der Waals surface area contributed by atoms with Crippen LogP contribution in [0.4, 0.5) is 14.5 Å². The van der Waals surface area contributed by atoms with Gasteiger partial charge in [0.05, 0.1) is 11.3 Å². The Morgan fingerprint density at radius 1 is 1.19 bits per heavy atom. The van der Waals surface area contributed by atoms with Gasteiger partial charge in [0.25, 0.3) is 5.69 Å². The van der Waals surface area contributed by atoms with Gasteiger partial charge in [-0.25, -0.2) is 8.78 Å². The number of nitrogens with zero attached hydrogens (tertiary/aromatic N) is 3. The number of benzene rings is 1. The molecule has 1 heterocycles. The highest BCUT2D eigenvalue weighted by atomic mass is 19.1. The number of halogens is 2. The topological polar surface area (TPSA) is 66.7 Å². The van der Waals surface area contributed by atoms with Crippen molar-refractivity contribution in [2.75, 3.05) is 26.2 Å². The number of piperazine rings is 1. The van der Waals surface area contributed by atoms with Crippen molar-refractivity contribution in [1.82, 2.24) is 9.80 Å². The van der Waals surface area contributed by atoms with Crippen molar-refractivity contribution in [3.05, 3.63) is 63.4 Å². The Hall–Kier alpha value is -2.77. The highest BCUT2D eigenvalue weighted by molar-refractivity contribution is 5.79. The fourth-order valence-corrected chi connectivity index (χ4v) is 3.24. The second kappa shape index (κ2) is 7.63. The maximum Gasteiger partial charge on any atom is 0.269 e. The van der Waals surface area contributed by atoms with Gasteiger partial charge in [0, 0.05) is 44.7 Å². The van der Waals surface area contributed by atoms with Crippen molar-refractivity contribution < 1.29 is 18.5 Å². The highest BCUT2D eigenvalue weighted by Gasteiger charge is 2.27. The van der Waals surface area contributed by atoms with Gasteiger partial charge < -0.3 is 9.80 Å². The number of carbonyl (C=O) groups excluding carboxylic acids is 1. The van der Waals surface area contributed by atoms with Gasteiger partial charge in [-0.3, -0.25) is 14.9 Å². The molecule has 0 radical (unpaired) electrons. The number of rotatable bonds is 4. The van der Waals surface area contributed by atoms with E-state index in [2.05, 4.69) is 0 Å². The SMILES string of the molecule is O=C(Cc1cccc([N+](=O)[O-])c1)N1CCN(C2=C(F)CCC=C2F)CC1. The highest BCUT2D eigenvalue weighted by Crippen LogP contribution is 2.30. The lowest BCUT2D eigenvalue weighted by Gasteiger charge is -2.37. The number of nitro groups is 1. The molecule has 0 unspecified atom stereocenters. The third-order valence-corrected chi connectivity index (χ3v) is 4.60. The molecule has 1 amide bonds. The molecule has 0 saturated carbocycles. The first kappa shape index (κ1) is 18.0.